The van der Waals surface area contributed by atoms with E-state index in [4.69, 9.17) is 14.2 Å². The van der Waals surface area contributed by atoms with Gasteiger partial charge < -0.3 is 14.2 Å². The standard InChI is InChI=1S/C24H26O5/c1-4-28-22-13-9-7-11-18(22)19-14-16(17-10-6-8-12-21(17)27-3)15-20(25)23(19)24(26)29-5-2/h6-13,15,19,23H,4-5,14H2,1-3H3/t19-,23-/m0/s1. The van der Waals surface area contributed by atoms with E-state index in [1.807, 2.05) is 55.5 Å². The number of ketones is 1. The van der Waals surface area contributed by atoms with Gasteiger partial charge in [-0.2, -0.15) is 0 Å². The Morgan fingerprint density at radius 3 is 2.38 bits per heavy atom. The first kappa shape index (κ1) is 20.6. The van der Waals surface area contributed by atoms with Crippen LogP contribution in [0.5, 0.6) is 11.5 Å². The molecular formula is C24H26O5. The first-order chi connectivity index (χ1) is 14.1. The fraction of sp³-hybridized carbons (Fsp3) is 0.333. The molecule has 0 N–H and O–H groups in total. The second-order valence-corrected chi connectivity index (χ2v) is 6.78. The van der Waals surface area contributed by atoms with E-state index in [2.05, 4.69) is 0 Å². The Bertz CT molecular complexity index is 915. The molecule has 0 saturated carbocycles. The third-order valence-electron chi connectivity index (χ3n) is 5.08. The number of methoxy groups -OCH3 is 1. The first-order valence-corrected chi connectivity index (χ1v) is 9.86. The number of esters is 1. The van der Waals surface area contributed by atoms with Crippen molar-refractivity contribution in [2.45, 2.75) is 26.2 Å². The van der Waals surface area contributed by atoms with Crippen molar-refractivity contribution in [3.05, 3.63) is 65.7 Å². The molecule has 2 atom stereocenters. The Labute approximate surface area is 171 Å². The van der Waals surface area contributed by atoms with Gasteiger partial charge in [-0.1, -0.05) is 36.4 Å². The van der Waals surface area contributed by atoms with Crippen molar-refractivity contribution in [2.24, 2.45) is 5.92 Å². The lowest BCUT2D eigenvalue weighted by Crippen LogP contribution is -2.34. The molecule has 0 bridgehead atoms. The minimum absolute atomic E-state index is 0.228. The summed E-state index contributed by atoms with van der Waals surface area (Å²) < 4.78 is 16.5. The Kier molecular flexibility index (Phi) is 6.70. The van der Waals surface area contributed by atoms with Gasteiger partial charge in [-0.05, 0) is 49.6 Å². The predicted molar refractivity (Wildman–Crippen MR) is 111 cm³/mol. The number of hydrogen-bond acceptors (Lipinski definition) is 5. The lowest BCUT2D eigenvalue weighted by Gasteiger charge is -2.30. The minimum Gasteiger partial charge on any atom is -0.496 e. The van der Waals surface area contributed by atoms with E-state index in [-0.39, 0.29) is 18.3 Å². The number of hydrogen-bond donors (Lipinski definition) is 0. The van der Waals surface area contributed by atoms with E-state index in [0.29, 0.717) is 24.5 Å². The monoisotopic (exact) mass is 394 g/mol. The third kappa shape index (κ3) is 4.34. The largest absolute Gasteiger partial charge is 0.496 e. The van der Waals surface area contributed by atoms with Crippen LogP contribution in [0.15, 0.2) is 54.6 Å². The molecule has 5 nitrogen and oxygen atoms in total. The molecule has 0 spiro atoms. The highest BCUT2D eigenvalue weighted by atomic mass is 16.5. The van der Waals surface area contributed by atoms with Crippen LogP contribution in [0.1, 0.15) is 37.3 Å². The Balaban J connectivity index is 2.09. The second-order valence-electron chi connectivity index (χ2n) is 6.78. The van der Waals surface area contributed by atoms with Gasteiger partial charge in [0.15, 0.2) is 5.78 Å². The molecule has 152 valence electrons. The molecule has 0 aromatic heterocycles. The molecule has 0 radical (unpaired) electrons. The molecule has 0 amide bonds. The molecular weight excluding hydrogens is 368 g/mol. The van der Waals surface area contributed by atoms with Crippen LogP contribution in [0.4, 0.5) is 0 Å². The maximum Gasteiger partial charge on any atom is 0.317 e. The molecule has 1 aliphatic rings. The van der Waals surface area contributed by atoms with E-state index >= 15 is 0 Å². The Hall–Kier alpha value is -3.08. The van der Waals surface area contributed by atoms with Gasteiger partial charge in [0, 0.05) is 11.5 Å². The van der Waals surface area contributed by atoms with Crippen molar-refractivity contribution < 1.29 is 23.8 Å². The van der Waals surface area contributed by atoms with Crippen molar-refractivity contribution in [1.29, 1.82) is 0 Å². The van der Waals surface area contributed by atoms with Gasteiger partial charge >= 0.3 is 5.97 Å². The zero-order chi connectivity index (χ0) is 20.8. The van der Waals surface area contributed by atoms with Crippen molar-refractivity contribution in [2.75, 3.05) is 20.3 Å². The van der Waals surface area contributed by atoms with Crippen LogP contribution in [0, 0.1) is 5.92 Å². The molecule has 0 aliphatic heterocycles. The van der Waals surface area contributed by atoms with Gasteiger partial charge in [-0.25, -0.2) is 0 Å². The van der Waals surface area contributed by atoms with Gasteiger partial charge in [-0.15, -0.1) is 0 Å². The highest BCUT2D eigenvalue weighted by Crippen LogP contribution is 2.44. The Morgan fingerprint density at radius 1 is 1.00 bits per heavy atom. The molecule has 1 aliphatic carbocycles. The van der Waals surface area contributed by atoms with Gasteiger partial charge in [0.2, 0.25) is 0 Å². The SMILES string of the molecule is CCOC(=O)[C@@H]1C(=O)C=C(c2ccccc2OC)C[C@H]1c1ccccc1OCC. The number of carbonyl (C=O) groups excluding carboxylic acids is 2. The first-order valence-electron chi connectivity index (χ1n) is 9.86. The summed E-state index contributed by atoms with van der Waals surface area (Å²) in [5.74, 6) is -0.651. The molecule has 0 saturated heterocycles. The summed E-state index contributed by atoms with van der Waals surface area (Å²) in [6, 6.07) is 15.1. The zero-order valence-corrected chi connectivity index (χ0v) is 17.0. The highest BCUT2D eigenvalue weighted by Gasteiger charge is 2.41. The quantitative estimate of drug-likeness (QED) is 0.514. The molecule has 0 heterocycles. The van der Waals surface area contributed by atoms with Gasteiger partial charge in [0.05, 0.1) is 20.3 Å². The second kappa shape index (κ2) is 9.41. The summed E-state index contributed by atoms with van der Waals surface area (Å²) >= 11 is 0. The smallest absolute Gasteiger partial charge is 0.317 e. The molecule has 0 fully saturated rings. The maximum absolute atomic E-state index is 13.1. The lowest BCUT2D eigenvalue weighted by atomic mass is 9.73. The minimum atomic E-state index is -0.894. The number of rotatable bonds is 7. The van der Waals surface area contributed by atoms with Crippen molar-refractivity contribution in [1.82, 2.24) is 0 Å². The fourth-order valence-electron chi connectivity index (χ4n) is 3.85. The summed E-state index contributed by atoms with van der Waals surface area (Å²) in [7, 11) is 1.60. The van der Waals surface area contributed by atoms with Crippen LogP contribution < -0.4 is 9.47 Å². The van der Waals surface area contributed by atoms with E-state index in [1.54, 1.807) is 20.1 Å². The molecule has 3 rings (SSSR count). The summed E-state index contributed by atoms with van der Waals surface area (Å²) in [6.07, 6.45) is 2.05. The lowest BCUT2D eigenvalue weighted by molar-refractivity contribution is -0.151. The van der Waals surface area contributed by atoms with Crippen LogP contribution in [-0.2, 0) is 14.3 Å². The summed E-state index contributed by atoms with van der Waals surface area (Å²) in [4.78, 5) is 25.8. The van der Waals surface area contributed by atoms with Crippen molar-refractivity contribution >= 4 is 17.3 Å². The number of allylic oxidation sites excluding steroid dienone is 2. The van der Waals surface area contributed by atoms with Crippen LogP contribution >= 0.6 is 0 Å². The van der Waals surface area contributed by atoms with E-state index in [0.717, 1.165) is 16.7 Å². The Morgan fingerprint density at radius 2 is 1.69 bits per heavy atom. The van der Waals surface area contributed by atoms with E-state index in [1.165, 1.54) is 0 Å². The van der Waals surface area contributed by atoms with Gasteiger partial charge in [0.25, 0.3) is 0 Å². The molecule has 2 aromatic rings. The zero-order valence-electron chi connectivity index (χ0n) is 17.0. The van der Waals surface area contributed by atoms with Crippen LogP contribution in [0.2, 0.25) is 0 Å². The topological polar surface area (TPSA) is 61.8 Å². The van der Waals surface area contributed by atoms with E-state index < -0.39 is 11.9 Å². The number of carbonyl (C=O) groups is 2. The highest BCUT2D eigenvalue weighted by molar-refractivity contribution is 6.11. The third-order valence-corrected chi connectivity index (χ3v) is 5.08. The van der Waals surface area contributed by atoms with Crippen LogP contribution in [0.3, 0.4) is 0 Å². The molecule has 29 heavy (non-hydrogen) atoms. The normalized spacial score (nSPS) is 18.7. The summed E-state index contributed by atoms with van der Waals surface area (Å²) in [6.45, 7) is 4.37. The molecule has 5 heteroatoms. The summed E-state index contributed by atoms with van der Waals surface area (Å²) in [5.41, 5.74) is 2.52. The number of para-hydroxylation sites is 2. The van der Waals surface area contributed by atoms with Gasteiger partial charge in [-0.3, -0.25) is 9.59 Å². The predicted octanol–water partition coefficient (Wildman–Crippen LogP) is 4.41. The average molecular weight is 394 g/mol. The van der Waals surface area contributed by atoms with Crippen molar-refractivity contribution in [3.8, 4) is 11.5 Å². The number of benzene rings is 2. The average Bonchev–Trinajstić information content (AvgIpc) is 2.74. The van der Waals surface area contributed by atoms with Crippen molar-refractivity contribution in [3.63, 3.8) is 0 Å². The fourth-order valence-corrected chi connectivity index (χ4v) is 3.85. The molecule has 2 aromatic carbocycles. The van der Waals surface area contributed by atoms with Crippen LogP contribution in [0.25, 0.3) is 5.57 Å². The maximum atomic E-state index is 13.1. The number of ether oxygens (including phenoxy) is 3. The van der Waals surface area contributed by atoms with E-state index in [9.17, 15) is 9.59 Å². The molecule has 0 unspecified atom stereocenters. The summed E-state index contributed by atoms with van der Waals surface area (Å²) in [5, 5.41) is 0. The van der Waals surface area contributed by atoms with Gasteiger partial charge in [0.1, 0.15) is 17.4 Å². The van der Waals surface area contributed by atoms with Crippen LogP contribution in [-0.4, -0.2) is 32.1 Å².